The molecule has 0 saturated carbocycles. The summed E-state index contributed by atoms with van der Waals surface area (Å²) < 4.78 is 5.41. The van der Waals surface area contributed by atoms with Crippen LogP contribution in [0.2, 0.25) is 10.0 Å². The molecule has 6 nitrogen and oxygen atoms in total. The van der Waals surface area contributed by atoms with Crippen LogP contribution in [0.4, 0.5) is 0 Å². The number of halogens is 2. The van der Waals surface area contributed by atoms with Crippen LogP contribution in [0.25, 0.3) is 22.6 Å². The highest BCUT2D eigenvalue weighted by Crippen LogP contribution is 2.36. The van der Waals surface area contributed by atoms with E-state index in [1.165, 1.54) is 12.1 Å². The molecule has 0 fully saturated rings. The minimum atomic E-state index is -0.503. The Bertz CT molecular complexity index is 1170. The number of nitrogens with zero attached hydrogens (tertiary/aromatic N) is 2. The van der Waals surface area contributed by atoms with E-state index in [1.54, 1.807) is 0 Å². The molecule has 30 heavy (non-hydrogen) atoms. The monoisotopic (exact) mass is 439 g/mol. The number of rotatable bonds is 5. The molecule has 4 rings (SSSR count). The fraction of sp³-hybridized carbons (Fsp3) is 0.0455. The second-order valence-electron chi connectivity index (χ2n) is 6.45. The Morgan fingerprint density at radius 2 is 1.53 bits per heavy atom. The molecule has 0 bridgehead atoms. The Morgan fingerprint density at radius 3 is 2.20 bits per heavy atom. The maximum atomic E-state index is 12.3. The van der Waals surface area contributed by atoms with Gasteiger partial charge in [0.15, 0.2) is 5.75 Å². The van der Waals surface area contributed by atoms with Crippen LogP contribution >= 0.6 is 23.2 Å². The lowest BCUT2D eigenvalue weighted by molar-refractivity contribution is 0.0917. The predicted molar refractivity (Wildman–Crippen MR) is 114 cm³/mol. The number of phenols is 1. The second-order valence-corrected chi connectivity index (χ2v) is 7.26. The Balaban J connectivity index is 1.41. The number of amides is 1. The van der Waals surface area contributed by atoms with Crippen molar-refractivity contribution >= 4 is 29.1 Å². The van der Waals surface area contributed by atoms with Crippen LogP contribution in [0, 0.1) is 0 Å². The molecular weight excluding hydrogens is 425 g/mol. The summed E-state index contributed by atoms with van der Waals surface area (Å²) in [5.74, 6) is -0.864. The van der Waals surface area contributed by atoms with Crippen molar-refractivity contribution in [1.82, 2.24) is 15.5 Å². The smallest absolute Gasteiger partial charge is 0.309 e. The number of hydrogen-bond acceptors (Lipinski definition) is 5. The van der Waals surface area contributed by atoms with Crippen molar-refractivity contribution in [3.63, 3.8) is 0 Å². The van der Waals surface area contributed by atoms with Gasteiger partial charge in [0, 0.05) is 12.1 Å². The van der Waals surface area contributed by atoms with Crippen molar-refractivity contribution in [3.8, 4) is 28.3 Å². The van der Waals surface area contributed by atoms with Crippen molar-refractivity contribution in [3.05, 3.63) is 88.2 Å². The van der Waals surface area contributed by atoms with Crippen LogP contribution in [0.15, 0.2) is 71.1 Å². The second kappa shape index (κ2) is 8.57. The number of phenolic OH excluding ortho intramolecular Hbond substituents is 1. The summed E-state index contributed by atoms with van der Waals surface area (Å²) in [6.07, 6.45) is 0. The van der Waals surface area contributed by atoms with Crippen LogP contribution in [-0.2, 0) is 6.54 Å². The first-order valence-electron chi connectivity index (χ1n) is 8.96. The average molecular weight is 440 g/mol. The number of carbonyl (C=O) groups is 1. The molecule has 0 saturated heterocycles. The van der Waals surface area contributed by atoms with Gasteiger partial charge >= 0.3 is 11.8 Å². The number of carbonyl (C=O) groups excluding carboxylic acids is 1. The molecule has 0 atom stereocenters. The summed E-state index contributed by atoms with van der Waals surface area (Å²) in [5.41, 5.74) is 3.55. The van der Waals surface area contributed by atoms with Crippen LogP contribution in [0.5, 0.6) is 5.75 Å². The molecule has 0 aliphatic heterocycles. The number of benzene rings is 3. The van der Waals surface area contributed by atoms with Gasteiger partial charge in [0.25, 0.3) is 0 Å². The molecule has 150 valence electrons. The zero-order chi connectivity index (χ0) is 21.1. The van der Waals surface area contributed by atoms with Gasteiger partial charge in [-0.05, 0) is 28.8 Å². The third kappa shape index (κ3) is 4.30. The van der Waals surface area contributed by atoms with Gasteiger partial charge in [-0.1, -0.05) is 77.8 Å². The van der Waals surface area contributed by atoms with Gasteiger partial charge in [-0.15, -0.1) is 10.2 Å². The molecule has 4 aromatic rings. The highest BCUT2D eigenvalue weighted by atomic mass is 35.5. The molecular formula is C22H15Cl2N3O3. The summed E-state index contributed by atoms with van der Waals surface area (Å²) in [5, 5.41) is 20.1. The molecule has 1 heterocycles. The van der Waals surface area contributed by atoms with E-state index in [9.17, 15) is 9.90 Å². The summed E-state index contributed by atoms with van der Waals surface area (Å²) >= 11 is 11.8. The zero-order valence-corrected chi connectivity index (χ0v) is 17.0. The van der Waals surface area contributed by atoms with Crippen molar-refractivity contribution < 1.29 is 14.3 Å². The fourth-order valence-corrected chi connectivity index (χ4v) is 3.31. The normalized spacial score (nSPS) is 10.7. The predicted octanol–water partition coefficient (Wildman–Crippen LogP) is 5.35. The molecule has 0 spiro atoms. The first-order chi connectivity index (χ1) is 14.5. The summed E-state index contributed by atoms with van der Waals surface area (Å²) in [6.45, 7) is 0.308. The topological polar surface area (TPSA) is 88.2 Å². The van der Waals surface area contributed by atoms with Gasteiger partial charge < -0.3 is 14.8 Å². The Hall–Kier alpha value is -3.35. The van der Waals surface area contributed by atoms with Crippen molar-refractivity contribution in [2.24, 2.45) is 0 Å². The molecule has 1 amide bonds. The standard InChI is InChI=1S/C22H15Cl2N3O3/c23-17-10-16(11-18(24)19(17)28)21-26-27-22(30-21)20(29)25-12-13-6-8-15(9-7-13)14-4-2-1-3-5-14/h1-11,28H,12H2,(H,25,29). The third-order valence-electron chi connectivity index (χ3n) is 4.40. The molecule has 8 heteroatoms. The Labute approximate surface area is 182 Å². The Morgan fingerprint density at radius 1 is 0.900 bits per heavy atom. The summed E-state index contributed by atoms with van der Waals surface area (Å²) in [4.78, 5) is 12.3. The highest BCUT2D eigenvalue weighted by Gasteiger charge is 2.17. The maximum absolute atomic E-state index is 12.3. The minimum Gasteiger partial charge on any atom is -0.505 e. The largest absolute Gasteiger partial charge is 0.505 e. The van der Waals surface area contributed by atoms with E-state index < -0.39 is 5.91 Å². The van der Waals surface area contributed by atoms with Gasteiger partial charge in [0.2, 0.25) is 5.89 Å². The van der Waals surface area contributed by atoms with E-state index in [-0.39, 0.29) is 27.6 Å². The highest BCUT2D eigenvalue weighted by molar-refractivity contribution is 6.37. The fourth-order valence-electron chi connectivity index (χ4n) is 2.82. The summed E-state index contributed by atoms with van der Waals surface area (Å²) in [7, 11) is 0. The van der Waals surface area contributed by atoms with E-state index in [0.29, 0.717) is 12.1 Å². The number of aromatic hydroxyl groups is 1. The van der Waals surface area contributed by atoms with E-state index in [0.717, 1.165) is 16.7 Å². The van der Waals surface area contributed by atoms with E-state index in [4.69, 9.17) is 27.6 Å². The van der Waals surface area contributed by atoms with Gasteiger partial charge in [0.05, 0.1) is 10.0 Å². The lowest BCUT2D eigenvalue weighted by Gasteiger charge is -2.05. The van der Waals surface area contributed by atoms with Gasteiger partial charge in [0.1, 0.15) is 0 Å². The lowest BCUT2D eigenvalue weighted by atomic mass is 10.0. The molecule has 2 N–H and O–H groups in total. The molecule has 1 aromatic heterocycles. The van der Waals surface area contributed by atoms with Crippen molar-refractivity contribution in [1.29, 1.82) is 0 Å². The molecule has 0 aliphatic rings. The third-order valence-corrected chi connectivity index (χ3v) is 4.97. The Kier molecular flexibility index (Phi) is 5.70. The van der Waals surface area contributed by atoms with Gasteiger partial charge in [-0.3, -0.25) is 4.79 Å². The van der Waals surface area contributed by atoms with Gasteiger partial charge in [-0.25, -0.2) is 0 Å². The molecule has 0 aliphatic carbocycles. The first-order valence-corrected chi connectivity index (χ1v) is 9.71. The van der Waals surface area contributed by atoms with E-state index >= 15 is 0 Å². The zero-order valence-electron chi connectivity index (χ0n) is 15.5. The van der Waals surface area contributed by atoms with Crippen LogP contribution in [-0.4, -0.2) is 21.2 Å². The van der Waals surface area contributed by atoms with E-state index in [2.05, 4.69) is 15.5 Å². The summed E-state index contributed by atoms with van der Waals surface area (Å²) in [6, 6.07) is 20.8. The lowest BCUT2D eigenvalue weighted by Crippen LogP contribution is -2.23. The maximum Gasteiger partial charge on any atom is 0.309 e. The SMILES string of the molecule is O=C(NCc1ccc(-c2ccccc2)cc1)c1nnc(-c2cc(Cl)c(O)c(Cl)c2)o1. The molecule has 0 radical (unpaired) electrons. The quantitative estimate of drug-likeness (QED) is 0.437. The average Bonchev–Trinajstić information content (AvgIpc) is 3.27. The molecule has 3 aromatic carbocycles. The number of hydrogen-bond donors (Lipinski definition) is 2. The van der Waals surface area contributed by atoms with Crippen LogP contribution in [0.1, 0.15) is 16.2 Å². The van der Waals surface area contributed by atoms with Gasteiger partial charge in [-0.2, -0.15) is 0 Å². The number of aromatic nitrogens is 2. The van der Waals surface area contributed by atoms with Crippen LogP contribution < -0.4 is 5.32 Å². The van der Waals surface area contributed by atoms with E-state index in [1.807, 2.05) is 54.6 Å². The molecule has 0 unspecified atom stereocenters. The first kappa shape index (κ1) is 19.9. The van der Waals surface area contributed by atoms with Crippen LogP contribution in [0.3, 0.4) is 0 Å². The minimum absolute atomic E-state index is 0.0423. The number of nitrogens with one attached hydrogen (secondary N) is 1. The van der Waals surface area contributed by atoms with Crippen molar-refractivity contribution in [2.45, 2.75) is 6.54 Å². The van der Waals surface area contributed by atoms with Crippen molar-refractivity contribution in [2.75, 3.05) is 0 Å².